The third kappa shape index (κ3) is 2.27. The van der Waals surface area contributed by atoms with Crippen LogP contribution in [0.15, 0.2) is 85.5 Å². The summed E-state index contributed by atoms with van der Waals surface area (Å²) in [4.78, 5) is 9.22. The second kappa shape index (κ2) is 6.76. The van der Waals surface area contributed by atoms with Gasteiger partial charge in [0.25, 0.3) is 6.33 Å². The Bertz CT molecular complexity index is 2170. The molecule has 0 saturated carbocycles. The zero-order valence-electron chi connectivity index (χ0n) is 20.4. The summed E-state index contributed by atoms with van der Waals surface area (Å²) in [6.07, 6.45) is 5.70. The number of hydrogen-bond donors (Lipinski definition) is 0. The van der Waals surface area contributed by atoms with Gasteiger partial charge in [-0.05, 0) is 76.1 Å². The maximum Gasteiger partial charge on any atom is 0.287 e. The van der Waals surface area contributed by atoms with Crippen LogP contribution in [0.4, 0.5) is 0 Å². The minimum atomic E-state index is 1.02. The summed E-state index contributed by atoms with van der Waals surface area (Å²) in [5.74, 6) is 0. The van der Waals surface area contributed by atoms with Crippen molar-refractivity contribution in [3.8, 4) is 11.1 Å². The van der Waals surface area contributed by atoms with Gasteiger partial charge in [0, 0.05) is 23.2 Å². The van der Waals surface area contributed by atoms with Crippen LogP contribution in [0.1, 0.15) is 11.1 Å². The van der Waals surface area contributed by atoms with Crippen molar-refractivity contribution >= 4 is 59.9 Å². The van der Waals surface area contributed by atoms with Gasteiger partial charge in [-0.2, -0.15) is 0 Å². The number of aromatic nitrogens is 4. The largest absolute Gasteiger partial charge is 0.307 e. The standard InChI is InChI=1S/C32H23N4/c1-18-21-8-4-5-9-22(21)19(2)30-27(18)31-29-25(34-17-35(31)3)16-24(20-12-14-33-15-13-20)28-23-10-6-7-11-26(23)36(30)32(28)29/h4-17H,1-3H3/q+1. The molecule has 4 nitrogen and oxygen atoms in total. The van der Waals surface area contributed by atoms with Crippen LogP contribution >= 0.6 is 0 Å². The van der Waals surface area contributed by atoms with E-state index in [1.165, 1.54) is 71.1 Å². The fraction of sp³-hybridized carbons (Fsp3) is 0.0938. The van der Waals surface area contributed by atoms with Crippen LogP contribution in [0, 0.1) is 13.8 Å². The average Bonchev–Trinajstić information content (AvgIpc) is 3.27. The van der Waals surface area contributed by atoms with Gasteiger partial charge in [-0.15, -0.1) is 0 Å². The monoisotopic (exact) mass is 463 g/mol. The first-order chi connectivity index (χ1) is 17.6. The van der Waals surface area contributed by atoms with Crippen molar-refractivity contribution in [2.45, 2.75) is 13.8 Å². The van der Waals surface area contributed by atoms with Gasteiger partial charge in [-0.3, -0.25) is 4.98 Å². The average molecular weight is 464 g/mol. The molecule has 4 aromatic carbocycles. The van der Waals surface area contributed by atoms with E-state index in [0.29, 0.717) is 0 Å². The van der Waals surface area contributed by atoms with Crippen LogP contribution in [0.2, 0.25) is 0 Å². The molecule has 0 spiro atoms. The molecule has 0 N–H and O–H groups in total. The maximum atomic E-state index is 4.94. The molecule has 0 amide bonds. The highest BCUT2D eigenvalue weighted by Crippen LogP contribution is 2.46. The van der Waals surface area contributed by atoms with Gasteiger partial charge < -0.3 is 4.40 Å². The van der Waals surface area contributed by atoms with E-state index in [2.05, 4.69) is 102 Å². The Hall–Kier alpha value is -4.57. The molecule has 0 radical (unpaired) electrons. The van der Waals surface area contributed by atoms with Crippen molar-refractivity contribution in [2.75, 3.05) is 0 Å². The summed E-state index contributed by atoms with van der Waals surface area (Å²) in [5.41, 5.74) is 11.0. The van der Waals surface area contributed by atoms with Gasteiger partial charge in [0.2, 0.25) is 0 Å². The Kier molecular flexibility index (Phi) is 3.70. The molecule has 0 bridgehead atoms. The first-order valence-corrected chi connectivity index (χ1v) is 12.3. The summed E-state index contributed by atoms with van der Waals surface area (Å²) in [6, 6.07) is 24.1. The van der Waals surface area contributed by atoms with Crippen molar-refractivity contribution in [2.24, 2.45) is 7.05 Å². The van der Waals surface area contributed by atoms with Crippen LogP contribution in [-0.2, 0) is 7.05 Å². The van der Waals surface area contributed by atoms with E-state index in [4.69, 9.17) is 4.98 Å². The van der Waals surface area contributed by atoms with E-state index in [1.807, 2.05) is 18.7 Å². The Balaban J connectivity index is 1.81. The Morgan fingerprint density at radius 2 is 1.42 bits per heavy atom. The van der Waals surface area contributed by atoms with Gasteiger partial charge in [0.1, 0.15) is 5.52 Å². The van der Waals surface area contributed by atoms with Crippen molar-refractivity contribution in [1.82, 2.24) is 14.4 Å². The zero-order valence-corrected chi connectivity index (χ0v) is 20.4. The van der Waals surface area contributed by atoms with E-state index in [1.54, 1.807) is 0 Å². The molecule has 0 saturated heterocycles. The third-order valence-corrected chi connectivity index (χ3v) is 8.03. The molecule has 0 atom stereocenters. The van der Waals surface area contributed by atoms with Crippen molar-refractivity contribution in [1.29, 1.82) is 0 Å². The first kappa shape index (κ1) is 19.7. The highest BCUT2D eigenvalue weighted by Gasteiger charge is 2.28. The van der Waals surface area contributed by atoms with Crippen LogP contribution in [-0.4, -0.2) is 14.4 Å². The minimum Gasteiger partial charge on any atom is -0.307 e. The number of fused-ring (bicyclic) bond motifs is 7. The minimum absolute atomic E-state index is 1.02. The number of nitrogens with zero attached hydrogens (tertiary/aromatic N) is 4. The lowest BCUT2D eigenvalue weighted by Gasteiger charge is -2.18. The van der Waals surface area contributed by atoms with E-state index < -0.39 is 0 Å². The molecule has 170 valence electrons. The molecule has 36 heavy (non-hydrogen) atoms. The lowest BCUT2D eigenvalue weighted by Crippen LogP contribution is -2.30. The van der Waals surface area contributed by atoms with E-state index >= 15 is 0 Å². The van der Waals surface area contributed by atoms with Crippen LogP contribution in [0.5, 0.6) is 0 Å². The lowest BCUT2D eigenvalue weighted by atomic mass is 9.92. The second-order valence-electron chi connectivity index (χ2n) is 9.85. The molecule has 0 unspecified atom stereocenters. The molecule has 4 heteroatoms. The molecule has 8 rings (SSSR count). The van der Waals surface area contributed by atoms with Gasteiger partial charge >= 0.3 is 0 Å². The zero-order chi connectivity index (χ0) is 24.1. The van der Waals surface area contributed by atoms with E-state index in [-0.39, 0.29) is 0 Å². The molecule has 0 fully saturated rings. The number of benzene rings is 4. The molecule has 0 aliphatic heterocycles. The normalized spacial score (nSPS) is 12.3. The van der Waals surface area contributed by atoms with Gasteiger partial charge in [0.05, 0.1) is 34.4 Å². The molecule has 4 heterocycles. The van der Waals surface area contributed by atoms with Gasteiger partial charge in [0.15, 0.2) is 5.52 Å². The summed E-state index contributed by atoms with van der Waals surface area (Å²) < 4.78 is 4.71. The molecule has 8 aromatic rings. The number of hydrogen-bond acceptors (Lipinski definition) is 2. The summed E-state index contributed by atoms with van der Waals surface area (Å²) >= 11 is 0. The van der Waals surface area contributed by atoms with Gasteiger partial charge in [-0.1, -0.05) is 42.5 Å². The SMILES string of the molecule is Cc1c2ccccc2c(C)c2c1c1c3c(cc(-c4ccncc4)c4c5ccccc5n2c43)nc[n+]1C. The van der Waals surface area contributed by atoms with Crippen LogP contribution in [0.25, 0.3) is 71.0 Å². The summed E-state index contributed by atoms with van der Waals surface area (Å²) in [6.45, 7) is 4.55. The Morgan fingerprint density at radius 1 is 0.722 bits per heavy atom. The predicted octanol–water partition coefficient (Wildman–Crippen LogP) is 7.04. The van der Waals surface area contributed by atoms with E-state index in [0.717, 1.165) is 11.1 Å². The molecular weight excluding hydrogens is 440 g/mol. The molecule has 4 aromatic heterocycles. The maximum absolute atomic E-state index is 4.94. The molecular formula is C32H23N4+. The van der Waals surface area contributed by atoms with Crippen molar-refractivity contribution in [3.63, 3.8) is 0 Å². The smallest absolute Gasteiger partial charge is 0.287 e. The lowest BCUT2D eigenvalue weighted by molar-refractivity contribution is -0.646. The second-order valence-corrected chi connectivity index (χ2v) is 9.85. The predicted molar refractivity (Wildman–Crippen MR) is 148 cm³/mol. The number of rotatable bonds is 1. The Morgan fingerprint density at radius 3 is 2.19 bits per heavy atom. The first-order valence-electron chi connectivity index (χ1n) is 12.3. The van der Waals surface area contributed by atoms with Crippen LogP contribution < -0.4 is 4.57 Å². The van der Waals surface area contributed by atoms with E-state index in [9.17, 15) is 0 Å². The fourth-order valence-corrected chi connectivity index (χ4v) is 6.50. The van der Waals surface area contributed by atoms with Crippen molar-refractivity contribution < 1.29 is 4.57 Å². The van der Waals surface area contributed by atoms with Crippen molar-refractivity contribution in [3.05, 3.63) is 96.6 Å². The number of aryl methyl sites for hydroxylation is 3. The third-order valence-electron chi connectivity index (χ3n) is 8.03. The topological polar surface area (TPSA) is 34.1 Å². The number of pyridine rings is 2. The summed E-state index contributed by atoms with van der Waals surface area (Å²) in [7, 11) is 2.12. The fourth-order valence-electron chi connectivity index (χ4n) is 6.50. The highest BCUT2D eigenvalue weighted by molar-refractivity contribution is 6.31. The number of para-hydroxylation sites is 1. The quantitative estimate of drug-likeness (QED) is 0.149. The van der Waals surface area contributed by atoms with Gasteiger partial charge in [-0.25, -0.2) is 4.57 Å². The highest BCUT2D eigenvalue weighted by atomic mass is 15.0. The summed E-state index contributed by atoms with van der Waals surface area (Å²) in [5, 5.41) is 7.66. The molecule has 0 aliphatic carbocycles. The molecule has 0 aliphatic rings. The Labute approximate surface area is 207 Å². The van der Waals surface area contributed by atoms with Crippen LogP contribution in [0.3, 0.4) is 0 Å².